The van der Waals surface area contributed by atoms with E-state index in [1.807, 2.05) is 19.0 Å². The van der Waals surface area contributed by atoms with Crippen molar-refractivity contribution in [2.75, 3.05) is 24.3 Å². The first-order valence-electron chi connectivity index (χ1n) is 6.03. The van der Waals surface area contributed by atoms with Gasteiger partial charge in [0.1, 0.15) is 5.82 Å². The fraction of sp³-hybridized carbons (Fsp3) is 0.462. The maximum atomic E-state index is 11.7. The molecule has 2 N–H and O–H groups in total. The molecule has 0 saturated heterocycles. The van der Waals surface area contributed by atoms with Crippen LogP contribution in [0.5, 0.6) is 0 Å². The zero-order chi connectivity index (χ0) is 14.4. The van der Waals surface area contributed by atoms with Crippen LogP contribution in [0.1, 0.15) is 19.8 Å². The maximum Gasteiger partial charge on any atom is 0.303 e. The summed E-state index contributed by atoms with van der Waals surface area (Å²) in [7, 11) is 3.77. The molecule has 1 aromatic heterocycles. The van der Waals surface area contributed by atoms with Crippen LogP contribution < -0.4 is 10.2 Å². The number of carboxylic acid groups (broad SMARTS) is 1. The van der Waals surface area contributed by atoms with Crippen LogP contribution in [-0.4, -0.2) is 36.1 Å². The number of hydrogen-bond donors (Lipinski definition) is 2. The van der Waals surface area contributed by atoms with Crippen molar-refractivity contribution in [2.24, 2.45) is 5.92 Å². The molecular weight excluding hydrogens is 246 g/mol. The van der Waals surface area contributed by atoms with Crippen LogP contribution in [0.25, 0.3) is 0 Å². The van der Waals surface area contributed by atoms with Crippen molar-refractivity contribution < 1.29 is 14.7 Å². The fourth-order valence-electron chi connectivity index (χ4n) is 1.62. The Morgan fingerprint density at radius 3 is 2.53 bits per heavy atom. The summed E-state index contributed by atoms with van der Waals surface area (Å²) >= 11 is 0. The number of rotatable bonds is 6. The van der Waals surface area contributed by atoms with Crippen molar-refractivity contribution >= 4 is 23.4 Å². The average molecular weight is 265 g/mol. The van der Waals surface area contributed by atoms with E-state index in [9.17, 15) is 9.59 Å². The van der Waals surface area contributed by atoms with Gasteiger partial charge in [-0.3, -0.25) is 9.59 Å². The van der Waals surface area contributed by atoms with E-state index < -0.39 is 5.97 Å². The van der Waals surface area contributed by atoms with Crippen LogP contribution in [0.3, 0.4) is 0 Å². The Morgan fingerprint density at radius 2 is 2.05 bits per heavy atom. The number of amides is 1. The normalized spacial score (nSPS) is 11.7. The highest BCUT2D eigenvalue weighted by atomic mass is 16.4. The quantitative estimate of drug-likeness (QED) is 0.816. The number of carboxylic acids is 1. The minimum Gasteiger partial charge on any atom is -0.481 e. The molecule has 1 heterocycles. The van der Waals surface area contributed by atoms with Gasteiger partial charge in [0.2, 0.25) is 5.91 Å². The molecule has 0 aliphatic rings. The zero-order valence-electron chi connectivity index (χ0n) is 11.4. The predicted molar refractivity (Wildman–Crippen MR) is 73.2 cm³/mol. The summed E-state index contributed by atoms with van der Waals surface area (Å²) in [6.45, 7) is 1.74. The zero-order valence-corrected chi connectivity index (χ0v) is 11.4. The van der Waals surface area contributed by atoms with Gasteiger partial charge in [-0.25, -0.2) is 4.98 Å². The molecule has 1 amide bonds. The van der Waals surface area contributed by atoms with Crippen molar-refractivity contribution in [1.82, 2.24) is 4.98 Å². The lowest BCUT2D eigenvalue weighted by Gasteiger charge is -2.12. The number of nitrogens with zero attached hydrogens (tertiary/aromatic N) is 2. The Labute approximate surface area is 112 Å². The minimum atomic E-state index is -0.891. The van der Waals surface area contributed by atoms with Gasteiger partial charge >= 0.3 is 5.97 Å². The van der Waals surface area contributed by atoms with Crippen molar-refractivity contribution in [3.63, 3.8) is 0 Å². The molecule has 104 valence electrons. The van der Waals surface area contributed by atoms with Gasteiger partial charge in [-0.15, -0.1) is 0 Å². The molecule has 0 saturated carbocycles. The molecule has 1 aromatic rings. The van der Waals surface area contributed by atoms with Gasteiger partial charge in [0.05, 0.1) is 11.9 Å². The molecule has 19 heavy (non-hydrogen) atoms. The standard InChI is InChI=1S/C13H19N3O3/c1-9(7-13(18)19)6-12(17)15-10-4-5-11(14-8-10)16(2)3/h4-5,8-9H,6-7H2,1-3H3,(H,15,17)(H,18,19). The predicted octanol–water partition coefficient (Wildman–Crippen LogP) is 1.59. The number of carbonyl (C=O) groups excluding carboxylic acids is 1. The molecule has 1 unspecified atom stereocenters. The van der Waals surface area contributed by atoms with Crippen molar-refractivity contribution in [3.8, 4) is 0 Å². The minimum absolute atomic E-state index is 0.00869. The summed E-state index contributed by atoms with van der Waals surface area (Å²) in [6.07, 6.45) is 1.75. The average Bonchev–Trinajstić information content (AvgIpc) is 2.27. The monoisotopic (exact) mass is 265 g/mol. The lowest BCUT2D eigenvalue weighted by Crippen LogP contribution is -2.17. The molecule has 0 bridgehead atoms. The Morgan fingerprint density at radius 1 is 1.37 bits per heavy atom. The molecule has 0 aliphatic carbocycles. The number of nitrogens with one attached hydrogen (secondary N) is 1. The maximum absolute atomic E-state index is 11.7. The van der Waals surface area contributed by atoms with Gasteiger partial charge in [0.15, 0.2) is 0 Å². The summed E-state index contributed by atoms with van der Waals surface area (Å²) in [5.41, 5.74) is 0.609. The van der Waals surface area contributed by atoms with E-state index in [0.717, 1.165) is 5.82 Å². The highest BCUT2D eigenvalue weighted by Crippen LogP contribution is 2.13. The molecule has 1 atom stereocenters. The van der Waals surface area contributed by atoms with Crippen LogP contribution >= 0.6 is 0 Å². The number of anilines is 2. The molecular formula is C13H19N3O3. The molecule has 6 nitrogen and oxygen atoms in total. The van der Waals surface area contributed by atoms with E-state index in [-0.39, 0.29) is 24.7 Å². The molecule has 0 aromatic carbocycles. The topological polar surface area (TPSA) is 82.5 Å². The summed E-state index contributed by atoms with van der Waals surface area (Å²) in [6, 6.07) is 3.57. The third kappa shape index (κ3) is 5.37. The first-order valence-corrected chi connectivity index (χ1v) is 6.03. The lowest BCUT2D eigenvalue weighted by molar-refractivity contribution is -0.138. The van der Waals surface area contributed by atoms with Gasteiger partial charge in [0.25, 0.3) is 0 Å². The number of aromatic nitrogens is 1. The second-order valence-corrected chi connectivity index (χ2v) is 4.75. The third-order valence-corrected chi connectivity index (χ3v) is 2.55. The third-order valence-electron chi connectivity index (χ3n) is 2.55. The van der Waals surface area contributed by atoms with E-state index in [2.05, 4.69) is 10.3 Å². The first-order chi connectivity index (χ1) is 8.88. The van der Waals surface area contributed by atoms with E-state index in [1.54, 1.807) is 25.3 Å². The summed E-state index contributed by atoms with van der Waals surface area (Å²) < 4.78 is 0. The Balaban J connectivity index is 2.50. The Kier molecular flexibility index (Phi) is 5.29. The van der Waals surface area contributed by atoms with Gasteiger partial charge in [-0.1, -0.05) is 6.92 Å². The summed E-state index contributed by atoms with van der Waals surface area (Å²) in [5, 5.41) is 11.3. The molecule has 0 radical (unpaired) electrons. The lowest BCUT2D eigenvalue weighted by atomic mass is 10.0. The largest absolute Gasteiger partial charge is 0.481 e. The Hall–Kier alpha value is -2.11. The highest BCUT2D eigenvalue weighted by Gasteiger charge is 2.12. The fourth-order valence-corrected chi connectivity index (χ4v) is 1.62. The SMILES string of the molecule is CC(CC(=O)O)CC(=O)Nc1ccc(N(C)C)nc1. The van der Waals surface area contributed by atoms with Crippen molar-refractivity contribution in [3.05, 3.63) is 18.3 Å². The highest BCUT2D eigenvalue weighted by molar-refractivity contribution is 5.91. The van der Waals surface area contributed by atoms with E-state index >= 15 is 0 Å². The number of pyridine rings is 1. The van der Waals surface area contributed by atoms with E-state index in [1.165, 1.54) is 0 Å². The van der Waals surface area contributed by atoms with Gasteiger partial charge in [-0.2, -0.15) is 0 Å². The van der Waals surface area contributed by atoms with E-state index in [0.29, 0.717) is 5.69 Å². The summed E-state index contributed by atoms with van der Waals surface area (Å²) in [5.74, 6) is -0.478. The van der Waals surface area contributed by atoms with E-state index in [4.69, 9.17) is 5.11 Å². The molecule has 1 rings (SSSR count). The van der Waals surface area contributed by atoms with Crippen LogP contribution in [0.15, 0.2) is 18.3 Å². The van der Waals surface area contributed by atoms with Crippen molar-refractivity contribution in [2.45, 2.75) is 19.8 Å². The van der Waals surface area contributed by atoms with Gasteiger partial charge in [0, 0.05) is 26.9 Å². The van der Waals surface area contributed by atoms with Crippen LogP contribution in [0.4, 0.5) is 11.5 Å². The van der Waals surface area contributed by atoms with Crippen LogP contribution in [0, 0.1) is 5.92 Å². The van der Waals surface area contributed by atoms with Gasteiger partial charge < -0.3 is 15.3 Å². The Bertz CT molecular complexity index is 443. The number of carbonyl (C=O) groups is 2. The molecule has 0 fully saturated rings. The number of aliphatic carboxylic acids is 1. The molecule has 0 aliphatic heterocycles. The van der Waals surface area contributed by atoms with Crippen molar-refractivity contribution in [1.29, 1.82) is 0 Å². The summed E-state index contributed by atoms with van der Waals surface area (Å²) in [4.78, 5) is 28.2. The van der Waals surface area contributed by atoms with Crippen LogP contribution in [0.2, 0.25) is 0 Å². The smallest absolute Gasteiger partial charge is 0.303 e. The second kappa shape index (κ2) is 6.72. The second-order valence-electron chi connectivity index (χ2n) is 4.75. The first kappa shape index (κ1) is 14.9. The molecule has 0 spiro atoms. The molecule has 6 heteroatoms. The van der Waals surface area contributed by atoms with Crippen LogP contribution in [-0.2, 0) is 9.59 Å². The number of hydrogen-bond acceptors (Lipinski definition) is 4. The van der Waals surface area contributed by atoms with Gasteiger partial charge in [-0.05, 0) is 18.1 Å².